The van der Waals surface area contributed by atoms with Gasteiger partial charge in [0.05, 0.1) is 17.3 Å². The zero-order valence-corrected chi connectivity index (χ0v) is 15.5. The monoisotopic (exact) mass is 390 g/mol. The molecule has 7 heteroatoms. The number of hydrogen-bond donors (Lipinski definition) is 1. The molecule has 1 N–H and O–H groups in total. The second kappa shape index (κ2) is 8.36. The first-order valence-electron chi connectivity index (χ1n) is 7.87. The van der Waals surface area contributed by atoms with Gasteiger partial charge in [0.2, 0.25) is 0 Å². The number of anilines is 1. The zero-order chi connectivity index (χ0) is 18.5. The highest BCUT2D eigenvalue weighted by Crippen LogP contribution is 2.33. The van der Waals surface area contributed by atoms with Crippen LogP contribution in [0.5, 0.6) is 5.75 Å². The fourth-order valence-corrected chi connectivity index (χ4v) is 2.93. The highest BCUT2D eigenvalue weighted by molar-refractivity contribution is 6.34. The molecule has 0 aliphatic heterocycles. The van der Waals surface area contributed by atoms with E-state index in [-0.39, 0.29) is 10.8 Å². The van der Waals surface area contributed by atoms with Crippen molar-refractivity contribution in [3.05, 3.63) is 64.4 Å². The summed E-state index contributed by atoms with van der Waals surface area (Å²) in [5.41, 5.74) is 0.654. The molecule has 134 valence electrons. The molecular formula is C19H16Cl2N2O3. The second-order valence-electron chi connectivity index (χ2n) is 5.43. The maximum Gasteiger partial charge on any atom is 0.274 e. The number of carbonyl (C=O) groups is 1. The van der Waals surface area contributed by atoms with Crippen molar-refractivity contribution in [2.75, 3.05) is 25.6 Å². The first kappa shape index (κ1) is 18.5. The number of aromatic nitrogens is 1. The van der Waals surface area contributed by atoms with Crippen molar-refractivity contribution in [2.24, 2.45) is 0 Å². The minimum atomic E-state index is -0.406. The van der Waals surface area contributed by atoms with Gasteiger partial charge in [-0.2, -0.15) is 0 Å². The number of pyridine rings is 1. The van der Waals surface area contributed by atoms with E-state index in [9.17, 15) is 4.79 Å². The van der Waals surface area contributed by atoms with E-state index >= 15 is 0 Å². The van der Waals surface area contributed by atoms with Gasteiger partial charge in [-0.05, 0) is 23.6 Å². The lowest BCUT2D eigenvalue weighted by Crippen LogP contribution is -2.15. The maximum absolute atomic E-state index is 12.6. The van der Waals surface area contributed by atoms with Gasteiger partial charge in [0.25, 0.3) is 5.91 Å². The highest BCUT2D eigenvalue weighted by atomic mass is 35.5. The number of para-hydroxylation sites is 1. The average molecular weight is 391 g/mol. The smallest absolute Gasteiger partial charge is 0.274 e. The normalized spacial score (nSPS) is 10.7. The third kappa shape index (κ3) is 4.07. The molecule has 0 saturated carbocycles. The third-order valence-electron chi connectivity index (χ3n) is 3.68. The molecule has 1 amide bonds. The van der Waals surface area contributed by atoms with Crippen molar-refractivity contribution >= 4 is 45.6 Å². The number of benzene rings is 2. The number of amides is 1. The van der Waals surface area contributed by atoms with Gasteiger partial charge in [0.15, 0.2) is 5.75 Å². The summed E-state index contributed by atoms with van der Waals surface area (Å²) in [6.07, 6.45) is 0. The van der Waals surface area contributed by atoms with Crippen molar-refractivity contribution in [1.29, 1.82) is 0 Å². The standard InChI is InChI=1S/C19H16Cl2N2O3/c1-25-9-10-26-17-14(20)7-4-8-15(17)23-19(24)16-11-12-5-2-3-6-13(12)18(21)22-16/h2-8,11H,9-10H2,1H3,(H,23,24). The molecule has 0 saturated heterocycles. The molecule has 2 aromatic carbocycles. The molecule has 0 aliphatic carbocycles. The number of nitrogens with one attached hydrogen (secondary N) is 1. The molecule has 5 nitrogen and oxygen atoms in total. The Balaban J connectivity index is 1.87. The van der Waals surface area contributed by atoms with Crippen LogP contribution >= 0.6 is 23.2 Å². The summed E-state index contributed by atoms with van der Waals surface area (Å²) >= 11 is 12.4. The lowest BCUT2D eigenvalue weighted by Gasteiger charge is -2.14. The summed E-state index contributed by atoms with van der Waals surface area (Å²) < 4.78 is 10.6. The van der Waals surface area contributed by atoms with Gasteiger partial charge in [0.1, 0.15) is 17.5 Å². The zero-order valence-electron chi connectivity index (χ0n) is 14.0. The van der Waals surface area contributed by atoms with E-state index in [2.05, 4.69) is 10.3 Å². The molecule has 26 heavy (non-hydrogen) atoms. The minimum absolute atomic E-state index is 0.205. The van der Waals surface area contributed by atoms with Crippen LogP contribution in [0.15, 0.2) is 48.5 Å². The summed E-state index contributed by atoms with van der Waals surface area (Å²) in [7, 11) is 1.58. The second-order valence-corrected chi connectivity index (χ2v) is 6.20. The number of halogens is 2. The van der Waals surface area contributed by atoms with E-state index in [4.69, 9.17) is 32.7 Å². The number of methoxy groups -OCH3 is 1. The molecule has 0 aliphatic rings. The Kier molecular flexibility index (Phi) is 5.93. The van der Waals surface area contributed by atoms with Gasteiger partial charge in [-0.3, -0.25) is 4.79 Å². The van der Waals surface area contributed by atoms with Gasteiger partial charge >= 0.3 is 0 Å². The van der Waals surface area contributed by atoms with Crippen LogP contribution in [0.25, 0.3) is 10.8 Å². The first-order valence-corrected chi connectivity index (χ1v) is 8.62. The molecule has 3 rings (SSSR count). The lowest BCUT2D eigenvalue weighted by atomic mass is 10.1. The van der Waals surface area contributed by atoms with E-state index in [1.807, 2.05) is 24.3 Å². The van der Waals surface area contributed by atoms with Crippen LogP contribution in [0.3, 0.4) is 0 Å². The van der Waals surface area contributed by atoms with Crippen LogP contribution in [-0.2, 0) is 4.74 Å². The molecule has 1 heterocycles. The molecule has 0 atom stereocenters. The van der Waals surface area contributed by atoms with Crippen LogP contribution in [0.4, 0.5) is 5.69 Å². The average Bonchev–Trinajstić information content (AvgIpc) is 2.64. The predicted molar refractivity (Wildman–Crippen MR) is 104 cm³/mol. The molecule has 1 aromatic heterocycles. The third-order valence-corrected chi connectivity index (χ3v) is 4.26. The number of nitrogens with zero attached hydrogens (tertiary/aromatic N) is 1. The summed E-state index contributed by atoms with van der Waals surface area (Å²) in [6, 6.07) is 14.3. The Bertz CT molecular complexity index is 947. The summed E-state index contributed by atoms with van der Waals surface area (Å²) in [4.78, 5) is 16.8. The number of hydrogen-bond acceptors (Lipinski definition) is 4. The molecule has 0 radical (unpaired) electrons. The minimum Gasteiger partial charge on any atom is -0.487 e. The van der Waals surface area contributed by atoms with Crippen LogP contribution in [0.2, 0.25) is 10.2 Å². The number of carbonyl (C=O) groups excluding carboxylic acids is 1. The predicted octanol–water partition coefficient (Wildman–Crippen LogP) is 4.82. The Morgan fingerprint density at radius 1 is 1.12 bits per heavy atom. The van der Waals surface area contributed by atoms with Crippen molar-refractivity contribution in [3.63, 3.8) is 0 Å². The van der Waals surface area contributed by atoms with Gasteiger partial charge in [-0.15, -0.1) is 0 Å². The summed E-state index contributed by atoms with van der Waals surface area (Å²) in [6.45, 7) is 0.712. The van der Waals surface area contributed by atoms with Gasteiger partial charge in [-0.1, -0.05) is 53.5 Å². The number of ether oxygens (including phenoxy) is 2. The van der Waals surface area contributed by atoms with E-state index in [0.717, 1.165) is 10.8 Å². The Morgan fingerprint density at radius 2 is 1.92 bits per heavy atom. The highest BCUT2D eigenvalue weighted by Gasteiger charge is 2.15. The summed E-state index contributed by atoms with van der Waals surface area (Å²) in [5.74, 6) is -0.0250. The van der Waals surface area contributed by atoms with Crippen LogP contribution < -0.4 is 10.1 Å². The Labute approximate surface area is 160 Å². The fraction of sp³-hybridized carbons (Fsp3) is 0.158. The fourth-order valence-electron chi connectivity index (χ4n) is 2.44. The topological polar surface area (TPSA) is 60.5 Å². The van der Waals surface area contributed by atoms with Crippen molar-refractivity contribution in [1.82, 2.24) is 4.98 Å². The van der Waals surface area contributed by atoms with E-state index in [1.165, 1.54) is 0 Å². The van der Waals surface area contributed by atoms with Crippen LogP contribution in [0.1, 0.15) is 10.5 Å². The van der Waals surface area contributed by atoms with Crippen LogP contribution in [0, 0.1) is 0 Å². The van der Waals surface area contributed by atoms with Crippen molar-refractivity contribution in [2.45, 2.75) is 0 Å². The Morgan fingerprint density at radius 3 is 2.73 bits per heavy atom. The molecule has 0 fully saturated rings. The summed E-state index contributed by atoms with van der Waals surface area (Å²) in [5, 5.41) is 5.06. The van der Waals surface area contributed by atoms with Crippen molar-refractivity contribution < 1.29 is 14.3 Å². The molecule has 0 spiro atoms. The van der Waals surface area contributed by atoms with Gasteiger partial charge in [0, 0.05) is 12.5 Å². The molecule has 3 aromatic rings. The quantitative estimate of drug-likeness (QED) is 0.484. The number of rotatable bonds is 6. The largest absolute Gasteiger partial charge is 0.487 e. The number of fused-ring (bicyclic) bond motifs is 1. The molecule has 0 bridgehead atoms. The van der Waals surface area contributed by atoms with E-state index in [0.29, 0.717) is 29.7 Å². The van der Waals surface area contributed by atoms with Crippen LogP contribution in [-0.4, -0.2) is 31.2 Å². The SMILES string of the molecule is COCCOc1c(Cl)cccc1NC(=O)c1cc2ccccc2c(Cl)n1. The van der Waals surface area contributed by atoms with Crippen molar-refractivity contribution in [3.8, 4) is 5.75 Å². The first-order chi connectivity index (χ1) is 12.6. The van der Waals surface area contributed by atoms with Gasteiger partial charge in [-0.25, -0.2) is 4.98 Å². The lowest BCUT2D eigenvalue weighted by molar-refractivity contribution is 0.102. The molecule has 0 unspecified atom stereocenters. The maximum atomic E-state index is 12.6. The molecular weight excluding hydrogens is 375 g/mol. The van der Waals surface area contributed by atoms with E-state index in [1.54, 1.807) is 31.4 Å². The van der Waals surface area contributed by atoms with E-state index < -0.39 is 5.91 Å². The Hall–Kier alpha value is -2.34. The van der Waals surface area contributed by atoms with Gasteiger partial charge < -0.3 is 14.8 Å².